The number of fused-ring (bicyclic) bond motifs is 1. The van der Waals surface area contributed by atoms with Gasteiger partial charge < -0.3 is 9.64 Å². The smallest absolute Gasteiger partial charge is 0.163 e. The third-order valence-corrected chi connectivity index (χ3v) is 7.81. The fourth-order valence-corrected chi connectivity index (χ4v) is 5.42. The number of rotatable bonds is 5. The number of pyridine rings is 1. The molecule has 3 aromatic heterocycles. The maximum absolute atomic E-state index is 15.0. The highest BCUT2D eigenvalue weighted by Gasteiger charge is 2.31. The SMILES string of the molecule is Cc1nc2nc([C@@H]3CCO[C@H](c4cnn(C5CC5)c4)C3)nc(-c3ccc(F)cc3F)c2cc1N1CCC1. The average Bonchev–Trinajstić information content (AvgIpc) is 3.59. The van der Waals surface area contributed by atoms with Crippen molar-refractivity contribution in [2.45, 2.75) is 57.1 Å². The first kappa shape index (κ1) is 22.7. The Morgan fingerprint density at radius 1 is 1.03 bits per heavy atom. The van der Waals surface area contributed by atoms with E-state index >= 15 is 4.39 Å². The average molecular weight is 503 g/mol. The van der Waals surface area contributed by atoms with Crippen LogP contribution in [0.4, 0.5) is 14.5 Å². The molecule has 3 fully saturated rings. The third kappa shape index (κ3) is 4.15. The molecule has 3 aliphatic rings. The fourth-order valence-electron chi connectivity index (χ4n) is 5.42. The number of aromatic nitrogens is 5. The molecular weight excluding hydrogens is 474 g/mol. The van der Waals surface area contributed by atoms with Gasteiger partial charge in [0, 0.05) is 54.4 Å². The van der Waals surface area contributed by atoms with Crippen molar-refractivity contribution in [3.8, 4) is 11.3 Å². The van der Waals surface area contributed by atoms with E-state index < -0.39 is 11.6 Å². The number of ether oxygens (including phenoxy) is 1. The van der Waals surface area contributed by atoms with Crippen molar-refractivity contribution < 1.29 is 13.5 Å². The highest BCUT2D eigenvalue weighted by atomic mass is 19.1. The first-order valence-corrected chi connectivity index (χ1v) is 13.1. The van der Waals surface area contributed by atoms with Crippen molar-refractivity contribution in [3.63, 3.8) is 0 Å². The lowest BCUT2D eigenvalue weighted by Crippen LogP contribution is -2.37. The van der Waals surface area contributed by atoms with Gasteiger partial charge in [-0.2, -0.15) is 5.10 Å². The van der Waals surface area contributed by atoms with Gasteiger partial charge in [-0.15, -0.1) is 0 Å². The summed E-state index contributed by atoms with van der Waals surface area (Å²) in [5.41, 5.74) is 4.21. The van der Waals surface area contributed by atoms with Gasteiger partial charge in [-0.25, -0.2) is 23.7 Å². The number of hydrogen-bond acceptors (Lipinski definition) is 6. The first-order valence-electron chi connectivity index (χ1n) is 13.1. The molecule has 2 aliphatic heterocycles. The molecule has 190 valence electrons. The van der Waals surface area contributed by atoms with Crippen LogP contribution in [-0.4, -0.2) is 44.4 Å². The molecule has 1 aromatic carbocycles. The minimum absolute atomic E-state index is 0.0202. The summed E-state index contributed by atoms with van der Waals surface area (Å²) in [6.07, 6.45) is 8.84. The van der Waals surface area contributed by atoms with Gasteiger partial charge in [0.05, 0.1) is 35.4 Å². The number of aryl methyl sites for hydroxylation is 1. The van der Waals surface area contributed by atoms with E-state index in [0.29, 0.717) is 41.6 Å². The summed E-state index contributed by atoms with van der Waals surface area (Å²) in [6, 6.07) is 6.16. The second-order valence-electron chi connectivity index (χ2n) is 10.4. The summed E-state index contributed by atoms with van der Waals surface area (Å²) in [5.74, 6) is -0.618. The molecule has 0 amide bonds. The zero-order valence-corrected chi connectivity index (χ0v) is 20.7. The van der Waals surface area contributed by atoms with Crippen LogP contribution in [-0.2, 0) is 4.74 Å². The lowest BCUT2D eigenvalue weighted by Gasteiger charge is -2.34. The number of anilines is 1. The van der Waals surface area contributed by atoms with Gasteiger partial charge in [0.1, 0.15) is 17.5 Å². The molecule has 7 rings (SSSR count). The second kappa shape index (κ2) is 8.83. The zero-order chi connectivity index (χ0) is 25.1. The number of benzene rings is 1. The van der Waals surface area contributed by atoms with E-state index in [1.54, 1.807) is 0 Å². The Balaban J connectivity index is 1.30. The molecule has 0 unspecified atom stereocenters. The van der Waals surface area contributed by atoms with Crippen LogP contribution in [0.2, 0.25) is 0 Å². The van der Waals surface area contributed by atoms with Gasteiger partial charge in [-0.1, -0.05) is 0 Å². The van der Waals surface area contributed by atoms with Crippen molar-refractivity contribution in [2.24, 2.45) is 0 Å². The highest BCUT2D eigenvalue weighted by Crippen LogP contribution is 2.40. The lowest BCUT2D eigenvalue weighted by atomic mass is 9.92. The van der Waals surface area contributed by atoms with Crippen molar-refractivity contribution in [2.75, 3.05) is 24.6 Å². The third-order valence-electron chi connectivity index (χ3n) is 7.81. The molecule has 0 radical (unpaired) electrons. The van der Waals surface area contributed by atoms with Crippen molar-refractivity contribution >= 4 is 16.7 Å². The van der Waals surface area contributed by atoms with E-state index in [9.17, 15) is 4.39 Å². The molecule has 7 nitrogen and oxygen atoms in total. The van der Waals surface area contributed by atoms with E-state index in [1.165, 1.54) is 25.0 Å². The Kier molecular flexibility index (Phi) is 5.42. The first-order chi connectivity index (χ1) is 18.0. The van der Waals surface area contributed by atoms with Crippen LogP contribution in [0.1, 0.15) is 67.2 Å². The predicted molar refractivity (Wildman–Crippen MR) is 135 cm³/mol. The van der Waals surface area contributed by atoms with Gasteiger partial charge in [0.2, 0.25) is 0 Å². The van der Waals surface area contributed by atoms with Gasteiger partial charge in [0.15, 0.2) is 5.65 Å². The summed E-state index contributed by atoms with van der Waals surface area (Å²) >= 11 is 0. The Morgan fingerprint density at radius 3 is 2.65 bits per heavy atom. The van der Waals surface area contributed by atoms with Crippen LogP contribution in [0.3, 0.4) is 0 Å². The molecule has 4 aromatic rings. The largest absolute Gasteiger partial charge is 0.373 e. The maximum atomic E-state index is 15.0. The highest BCUT2D eigenvalue weighted by molar-refractivity contribution is 5.93. The molecule has 1 saturated carbocycles. The van der Waals surface area contributed by atoms with Gasteiger partial charge in [-0.05, 0) is 57.2 Å². The Morgan fingerprint density at radius 2 is 1.89 bits per heavy atom. The van der Waals surface area contributed by atoms with Crippen LogP contribution in [0, 0.1) is 18.6 Å². The Bertz CT molecular complexity index is 1500. The normalized spacial score (nSPS) is 21.9. The Labute approximate surface area is 213 Å². The predicted octanol–water partition coefficient (Wildman–Crippen LogP) is 5.66. The number of halogens is 2. The molecule has 2 saturated heterocycles. The van der Waals surface area contributed by atoms with E-state index in [-0.39, 0.29) is 17.6 Å². The molecule has 0 bridgehead atoms. The fraction of sp³-hybridized carbons (Fsp3) is 0.429. The Hall–Kier alpha value is -3.46. The van der Waals surface area contributed by atoms with Gasteiger partial charge in [-0.3, -0.25) is 4.68 Å². The summed E-state index contributed by atoms with van der Waals surface area (Å²) in [7, 11) is 0. The molecule has 37 heavy (non-hydrogen) atoms. The molecule has 9 heteroatoms. The van der Waals surface area contributed by atoms with E-state index in [2.05, 4.69) is 16.2 Å². The van der Waals surface area contributed by atoms with Crippen LogP contribution in [0.15, 0.2) is 36.7 Å². The molecule has 0 N–H and O–H groups in total. The molecular formula is C28H28F2N6O. The summed E-state index contributed by atoms with van der Waals surface area (Å²) in [6.45, 7) is 4.49. The monoisotopic (exact) mass is 502 g/mol. The van der Waals surface area contributed by atoms with Crippen molar-refractivity contribution in [1.29, 1.82) is 0 Å². The molecule has 2 atom stereocenters. The van der Waals surface area contributed by atoms with Gasteiger partial charge in [0.25, 0.3) is 0 Å². The van der Waals surface area contributed by atoms with Crippen LogP contribution < -0.4 is 4.90 Å². The minimum Gasteiger partial charge on any atom is -0.373 e. The van der Waals surface area contributed by atoms with E-state index in [1.807, 2.05) is 23.9 Å². The van der Waals surface area contributed by atoms with Gasteiger partial charge >= 0.3 is 0 Å². The minimum atomic E-state index is -0.644. The number of nitrogens with zero attached hydrogens (tertiary/aromatic N) is 6. The van der Waals surface area contributed by atoms with Crippen LogP contribution in [0.25, 0.3) is 22.3 Å². The quantitative estimate of drug-likeness (QED) is 0.351. The molecule has 0 spiro atoms. The summed E-state index contributed by atoms with van der Waals surface area (Å²) in [4.78, 5) is 16.9. The van der Waals surface area contributed by atoms with Crippen molar-refractivity contribution in [1.82, 2.24) is 24.7 Å². The van der Waals surface area contributed by atoms with E-state index in [4.69, 9.17) is 19.7 Å². The summed E-state index contributed by atoms with van der Waals surface area (Å²) < 4.78 is 37.0. The summed E-state index contributed by atoms with van der Waals surface area (Å²) in [5, 5.41) is 5.20. The lowest BCUT2D eigenvalue weighted by molar-refractivity contribution is 0.00396. The zero-order valence-electron chi connectivity index (χ0n) is 20.7. The second-order valence-corrected chi connectivity index (χ2v) is 10.4. The maximum Gasteiger partial charge on any atom is 0.163 e. The standard InChI is InChI=1S/C28H28F2N6O/c1-16-24(35-8-2-9-35)13-22-26(21-6-3-19(29)12-23(21)30)33-27(34-28(22)32-16)17-7-10-37-25(11-17)18-14-31-36(15-18)20-4-5-20/h3,6,12-15,17,20,25H,2,4-5,7-11H2,1H3/t17-,25+/m1/s1. The van der Waals surface area contributed by atoms with Crippen LogP contribution in [0.5, 0.6) is 0 Å². The van der Waals surface area contributed by atoms with Crippen LogP contribution >= 0.6 is 0 Å². The molecule has 5 heterocycles. The number of hydrogen-bond donors (Lipinski definition) is 0. The van der Waals surface area contributed by atoms with Crippen molar-refractivity contribution in [3.05, 3.63) is 65.4 Å². The molecule has 1 aliphatic carbocycles. The van der Waals surface area contributed by atoms with E-state index in [0.717, 1.165) is 48.9 Å². The topological polar surface area (TPSA) is 69.0 Å².